The van der Waals surface area contributed by atoms with E-state index >= 15 is 0 Å². The number of amides is 2. The van der Waals surface area contributed by atoms with Crippen molar-refractivity contribution in [3.05, 3.63) is 64.7 Å². The van der Waals surface area contributed by atoms with Gasteiger partial charge in [-0.15, -0.1) is 0 Å². The first-order valence-electron chi connectivity index (χ1n) is 10.5. The minimum absolute atomic E-state index is 0.151. The van der Waals surface area contributed by atoms with Crippen LogP contribution in [0.25, 0.3) is 0 Å². The Kier molecular flexibility index (Phi) is 8.52. The van der Waals surface area contributed by atoms with Gasteiger partial charge in [-0.2, -0.15) is 0 Å². The second-order valence-corrected chi connectivity index (χ2v) is 9.51. The third-order valence-electron chi connectivity index (χ3n) is 4.84. The van der Waals surface area contributed by atoms with E-state index in [9.17, 15) is 9.59 Å². The van der Waals surface area contributed by atoms with Crippen molar-refractivity contribution in [2.24, 2.45) is 0 Å². The summed E-state index contributed by atoms with van der Waals surface area (Å²) in [5, 5.41) is 3.56. The quantitative estimate of drug-likeness (QED) is 0.610. The van der Waals surface area contributed by atoms with Crippen molar-refractivity contribution in [1.82, 2.24) is 10.2 Å². The zero-order chi connectivity index (χ0) is 23.2. The molecule has 0 unspecified atom stereocenters. The molecule has 0 aliphatic heterocycles. The number of carbonyl (C=O) groups excluding carboxylic acids is 2. The van der Waals surface area contributed by atoms with Gasteiger partial charge >= 0.3 is 0 Å². The van der Waals surface area contributed by atoms with E-state index in [1.807, 2.05) is 57.2 Å². The minimum atomic E-state index is -0.658. The highest BCUT2D eigenvalue weighted by atomic mass is 35.5. The van der Waals surface area contributed by atoms with Crippen molar-refractivity contribution in [1.29, 1.82) is 0 Å². The molecule has 0 bridgehead atoms. The highest BCUT2D eigenvalue weighted by molar-refractivity contribution is 6.30. The van der Waals surface area contributed by atoms with Gasteiger partial charge in [-0.05, 0) is 69.0 Å². The lowest BCUT2D eigenvalue weighted by molar-refractivity contribution is -0.142. The molecule has 6 heteroatoms. The van der Waals surface area contributed by atoms with Crippen LogP contribution in [0.1, 0.15) is 58.6 Å². The zero-order valence-corrected chi connectivity index (χ0v) is 20.0. The van der Waals surface area contributed by atoms with Crippen LogP contribution in [0, 0.1) is 0 Å². The zero-order valence-electron chi connectivity index (χ0n) is 19.2. The Morgan fingerprint density at radius 3 is 2.10 bits per heavy atom. The summed E-state index contributed by atoms with van der Waals surface area (Å²) in [6.07, 6.45) is 0. The fourth-order valence-corrected chi connectivity index (χ4v) is 3.15. The predicted molar refractivity (Wildman–Crippen MR) is 125 cm³/mol. The van der Waals surface area contributed by atoms with Crippen LogP contribution in [-0.4, -0.2) is 34.9 Å². The average Bonchev–Trinajstić information content (AvgIpc) is 2.70. The Balaban J connectivity index is 2.14. The number of hydrogen-bond donors (Lipinski definition) is 1. The third kappa shape index (κ3) is 7.91. The number of hydrogen-bond acceptors (Lipinski definition) is 3. The van der Waals surface area contributed by atoms with Gasteiger partial charge in [0.1, 0.15) is 11.8 Å². The number of rotatable bonds is 8. The van der Waals surface area contributed by atoms with Gasteiger partial charge in [0.2, 0.25) is 5.91 Å². The Labute approximate surface area is 190 Å². The highest BCUT2D eigenvalue weighted by Gasteiger charge is 2.28. The van der Waals surface area contributed by atoms with Crippen LogP contribution >= 0.6 is 11.6 Å². The molecule has 0 radical (unpaired) electrons. The van der Waals surface area contributed by atoms with Gasteiger partial charge in [-0.1, -0.05) is 49.7 Å². The van der Waals surface area contributed by atoms with Crippen molar-refractivity contribution in [2.45, 2.75) is 65.6 Å². The minimum Gasteiger partial charge on any atom is -0.484 e. The largest absolute Gasteiger partial charge is 0.484 e. The first kappa shape index (κ1) is 24.7. The van der Waals surface area contributed by atoms with Gasteiger partial charge in [0.25, 0.3) is 5.91 Å². The highest BCUT2D eigenvalue weighted by Crippen LogP contribution is 2.19. The molecule has 0 heterocycles. The smallest absolute Gasteiger partial charge is 0.261 e. The van der Waals surface area contributed by atoms with Crippen LogP contribution in [0.15, 0.2) is 48.5 Å². The molecule has 168 valence electrons. The van der Waals surface area contributed by atoms with Gasteiger partial charge in [0.15, 0.2) is 6.61 Å². The van der Waals surface area contributed by atoms with E-state index in [4.69, 9.17) is 16.3 Å². The maximum absolute atomic E-state index is 13.1. The number of ether oxygens (including phenoxy) is 1. The number of benzene rings is 2. The molecule has 31 heavy (non-hydrogen) atoms. The van der Waals surface area contributed by atoms with Gasteiger partial charge in [0.05, 0.1) is 0 Å². The van der Waals surface area contributed by atoms with E-state index in [1.54, 1.807) is 19.1 Å². The summed E-state index contributed by atoms with van der Waals surface area (Å²) in [7, 11) is 0. The first-order chi connectivity index (χ1) is 14.5. The van der Waals surface area contributed by atoms with Gasteiger partial charge in [-0.3, -0.25) is 9.59 Å². The first-order valence-corrected chi connectivity index (χ1v) is 10.9. The molecule has 1 atom stereocenters. The lowest BCUT2D eigenvalue weighted by Gasteiger charge is -2.31. The van der Waals surface area contributed by atoms with Gasteiger partial charge in [-0.25, -0.2) is 0 Å². The molecular weight excluding hydrogens is 412 g/mol. The average molecular weight is 445 g/mol. The van der Waals surface area contributed by atoms with E-state index in [0.717, 1.165) is 5.56 Å². The molecule has 2 rings (SSSR count). The van der Waals surface area contributed by atoms with Crippen LogP contribution in [0.5, 0.6) is 5.75 Å². The van der Waals surface area contributed by atoms with Crippen LogP contribution in [0.4, 0.5) is 0 Å². The van der Waals surface area contributed by atoms with Crippen LogP contribution in [-0.2, 0) is 16.1 Å². The van der Waals surface area contributed by atoms with Crippen molar-refractivity contribution >= 4 is 23.4 Å². The molecule has 2 aromatic rings. The monoisotopic (exact) mass is 444 g/mol. The van der Waals surface area contributed by atoms with Gasteiger partial charge < -0.3 is 15.0 Å². The number of nitrogens with zero attached hydrogens (tertiary/aromatic N) is 1. The Hall–Kier alpha value is -2.53. The second-order valence-electron chi connectivity index (χ2n) is 9.08. The molecule has 0 saturated heterocycles. The standard InChI is InChI=1S/C25H33ClN2O3/c1-17(2)20-9-13-22(14-10-20)31-16-23(29)28(15-19-7-11-21(26)12-8-19)18(3)24(30)27-25(4,5)6/h7-14,17-18H,15-16H2,1-6H3,(H,27,30)/t18-/m0/s1. The Bertz CT molecular complexity index is 871. The summed E-state index contributed by atoms with van der Waals surface area (Å²) in [4.78, 5) is 27.4. The van der Waals surface area contributed by atoms with E-state index in [0.29, 0.717) is 16.7 Å². The van der Waals surface area contributed by atoms with Gasteiger partial charge in [0, 0.05) is 17.1 Å². The fraction of sp³-hybridized carbons (Fsp3) is 0.440. The summed E-state index contributed by atoms with van der Waals surface area (Å²) >= 11 is 5.98. The van der Waals surface area contributed by atoms with Crippen LogP contribution < -0.4 is 10.1 Å². The molecule has 2 aromatic carbocycles. The maximum atomic E-state index is 13.1. The van der Waals surface area contributed by atoms with E-state index in [1.165, 1.54) is 10.5 Å². The molecule has 1 N–H and O–H groups in total. The lowest BCUT2D eigenvalue weighted by atomic mass is 10.0. The van der Waals surface area contributed by atoms with Crippen molar-refractivity contribution < 1.29 is 14.3 Å². The SMILES string of the molecule is CC(C)c1ccc(OCC(=O)N(Cc2ccc(Cl)cc2)[C@@H](C)C(=O)NC(C)(C)C)cc1. The number of nitrogens with one attached hydrogen (secondary N) is 1. The summed E-state index contributed by atoms with van der Waals surface area (Å²) in [6.45, 7) is 11.8. The predicted octanol–water partition coefficient (Wildman–Crippen LogP) is 5.17. The number of carbonyl (C=O) groups is 2. The third-order valence-corrected chi connectivity index (χ3v) is 5.09. The van der Waals surface area contributed by atoms with Crippen molar-refractivity contribution in [3.8, 4) is 5.75 Å². The fourth-order valence-electron chi connectivity index (χ4n) is 3.02. The molecule has 2 amide bonds. The topological polar surface area (TPSA) is 58.6 Å². The van der Waals surface area contributed by atoms with E-state index in [-0.39, 0.29) is 25.0 Å². The van der Waals surface area contributed by atoms with Crippen molar-refractivity contribution in [3.63, 3.8) is 0 Å². The summed E-state index contributed by atoms with van der Waals surface area (Å²) in [5.74, 6) is 0.569. The molecular formula is C25H33ClN2O3. The van der Waals surface area contributed by atoms with Crippen LogP contribution in [0.3, 0.4) is 0 Å². The second kappa shape index (κ2) is 10.7. The summed E-state index contributed by atoms with van der Waals surface area (Å²) in [5.41, 5.74) is 1.69. The molecule has 0 spiro atoms. The van der Waals surface area contributed by atoms with Crippen molar-refractivity contribution in [2.75, 3.05) is 6.61 Å². The number of halogens is 1. The van der Waals surface area contributed by atoms with E-state index in [2.05, 4.69) is 19.2 Å². The van der Waals surface area contributed by atoms with Crippen LogP contribution in [0.2, 0.25) is 5.02 Å². The normalized spacial score (nSPS) is 12.4. The molecule has 5 nitrogen and oxygen atoms in total. The molecule has 0 aliphatic rings. The maximum Gasteiger partial charge on any atom is 0.261 e. The Morgan fingerprint density at radius 1 is 1.00 bits per heavy atom. The molecule has 0 aliphatic carbocycles. The summed E-state index contributed by atoms with van der Waals surface area (Å²) < 4.78 is 5.73. The molecule has 0 aromatic heterocycles. The Morgan fingerprint density at radius 2 is 1.58 bits per heavy atom. The molecule has 0 fully saturated rings. The van der Waals surface area contributed by atoms with E-state index < -0.39 is 11.6 Å². The molecule has 0 saturated carbocycles. The summed E-state index contributed by atoms with van der Waals surface area (Å²) in [6, 6.07) is 14.3. The lowest BCUT2D eigenvalue weighted by Crippen LogP contribution is -2.53.